The van der Waals surface area contributed by atoms with Crippen LogP contribution in [0.1, 0.15) is 47.0 Å². The molecule has 2 aliphatic rings. The summed E-state index contributed by atoms with van der Waals surface area (Å²) < 4.78 is 5.61. The SMILES string of the molecule is CCOc1cc(N)cc(NC2C3(C)CCC(C3)C2(C)C)c1. The van der Waals surface area contributed by atoms with E-state index in [0.717, 1.165) is 23.0 Å². The van der Waals surface area contributed by atoms with Crippen molar-refractivity contribution in [3.8, 4) is 5.75 Å². The van der Waals surface area contributed by atoms with Gasteiger partial charge in [0.05, 0.1) is 6.61 Å². The van der Waals surface area contributed by atoms with Crippen LogP contribution in [0.2, 0.25) is 0 Å². The number of hydrogen-bond acceptors (Lipinski definition) is 3. The first-order chi connectivity index (χ1) is 9.85. The number of ether oxygens (including phenoxy) is 1. The van der Waals surface area contributed by atoms with Crippen LogP contribution in [-0.2, 0) is 0 Å². The molecule has 2 fully saturated rings. The van der Waals surface area contributed by atoms with E-state index in [0.29, 0.717) is 23.5 Å². The molecular formula is C18H28N2O. The van der Waals surface area contributed by atoms with Crippen molar-refractivity contribution in [2.45, 2.75) is 53.0 Å². The van der Waals surface area contributed by atoms with Gasteiger partial charge in [0.1, 0.15) is 5.75 Å². The normalized spacial score (nSPS) is 33.1. The largest absolute Gasteiger partial charge is 0.494 e. The lowest BCUT2D eigenvalue weighted by Gasteiger charge is -2.43. The van der Waals surface area contributed by atoms with Crippen molar-refractivity contribution in [1.29, 1.82) is 0 Å². The maximum atomic E-state index is 6.02. The maximum absolute atomic E-state index is 6.02. The summed E-state index contributed by atoms with van der Waals surface area (Å²) in [5, 5.41) is 3.78. The number of nitrogens with one attached hydrogen (secondary N) is 1. The van der Waals surface area contributed by atoms with E-state index < -0.39 is 0 Å². The molecule has 0 spiro atoms. The van der Waals surface area contributed by atoms with E-state index in [1.54, 1.807) is 0 Å². The van der Waals surface area contributed by atoms with Crippen molar-refractivity contribution in [2.24, 2.45) is 16.7 Å². The summed E-state index contributed by atoms with van der Waals surface area (Å²) in [7, 11) is 0. The molecule has 3 nitrogen and oxygen atoms in total. The lowest BCUT2D eigenvalue weighted by Crippen LogP contribution is -2.45. The molecule has 2 aliphatic carbocycles. The molecule has 1 aromatic carbocycles. The van der Waals surface area contributed by atoms with Crippen molar-refractivity contribution in [3.63, 3.8) is 0 Å². The summed E-state index contributed by atoms with van der Waals surface area (Å²) in [4.78, 5) is 0. The second kappa shape index (κ2) is 4.82. The Labute approximate surface area is 128 Å². The summed E-state index contributed by atoms with van der Waals surface area (Å²) in [5.41, 5.74) is 8.61. The van der Waals surface area contributed by atoms with Gasteiger partial charge in [-0.15, -0.1) is 0 Å². The zero-order valence-corrected chi connectivity index (χ0v) is 13.7. The third-order valence-electron chi connectivity index (χ3n) is 5.82. The van der Waals surface area contributed by atoms with Gasteiger partial charge in [-0.1, -0.05) is 20.8 Å². The van der Waals surface area contributed by atoms with Gasteiger partial charge in [0, 0.05) is 29.5 Å². The van der Waals surface area contributed by atoms with Crippen LogP contribution in [0, 0.1) is 16.7 Å². The summed E-state index contributed by atoms with van der Waals surface area (Å²) in [6.07, 6.45) is 4.06. The van der Waals surface area contributed by atoms with E-state index >= 15 is 0 Å². The molecule has 0 aliphatic heterocycles. The molecule has 116 valence electrons. The molecular weight excluding hydrogens is 260 g/mol. The van der Waals surface area contributed by atoms with Crippen LogP contribution in [0.15, 0.2) is 18.2 Å². The molecule has 2 bridgehead atoms. The predicted molar refractivity (Wildman–Crippen MR) is 88.7 cm³/mol. The molecule has 3 atom stereocenters. The molecule has 3 N–H and O–H groups in total. The van der Waals surface area contributed by atoms with Crippen LogP contribution in [-0.4, -0.2) is 12.6 Å². The highest BCUT2D eigenvalue weighted by Crippen LogP contribution is 2.63. The Morgan fingerprint density at radius 2 is 2.05 bits per heavy atom. The number of fused-ring (bicyclic) bond motifs is 2. The van der Waals surface area contributed by atoms with Crippen LogP contribution in [0.5, 0.6) is 5.75 Å². The number of rotatable bonds is 4. The standard InChI is InChI=1S/C18H28N2O/c1-5-21-15-9-13(19)8-14(10-15)20-16-17(2,3)12-6-7-18(16,4)11-12/h8-10,12,16,20H,5-7,11,19H2,1-4H3. The van der Waals surface area contributed by atoms with E-state index in [1.165, 1.54) is 19.3 Å². The van der Waals surface area contributed by atoms with E-state index in [1.807, 2.05) is 19.1 Å². The van der Waals surface area contributed by atoms with Gasteiger partial charge in [-0.05, 0) is 49.0 Å². The quantitative estimate of drug-likeness (QED) is 0.812. The summed E-state index contributed by atoms with van der Waals surface area (Å²) >= 11 is 0. The summed E-state index contributed by atoms with van der Waals surface area (Å²) in [6.45, 7) is 9.92. The molecule has 3 heteroatoms. The van der Waals surface area contributed by atoms with E-state index in [-0.39, 0.29) is 0 Å². The third-order valence-corrected chi connectivity index (χ3v) is 5.82. The van der Waals surface area contributed by atoms with Gasteiger partial charge in [-0.2, -0.15) is 0 Å². The van der Waals surface area contributed by atoms with Gasteiger partial charge in [0.25, 0.3) is 0 Å². The maximum Gasteiger partial charge on any atom is 0.123 e. The molecule has 0 radical (unpaired) electrons. The van der Waals surface area contributed by atoms with E-state index in [9.17, 15) is 0 Å². The molecule has 0 amide bonds. The number of anilines is 2. The fraction of sp³-hybridized carbons (Fsp3) is 0.667. The van der Waals surface area contributed by atoms with E-state index in [4.69, 9.17) is 10.5 Å². The Balaban J connectivity index is 1.86. The molecule has 0 aromatic heterocycles. The van der Waals surface area contributed by atoms with Gasteiger partial charge in [0.15, 0.2) is 0 Å². The topological polar surface area (TPSA) is 47.3 Å². The number of nitrogen functional groups attached to an aromatic ring is 1. The fourth-order valence-corrected chi connectivity index (χ4v) is 4.78. The zero-order valence-electron chi connectivity index (χ0n) is 13.7. The van der Waals surface area contributed by atoms with Gasteiger partial charge in [0.2, 0.25) is 0 Å². The summed E-state index contributed by atoms with van der Waals surface area (Å²) in [6, 6.07) is 6.49. The Morgan fingerprint density at radius 3 is 2.67 bits per heavy atom. The molecule has 0 heterocycles. The van der Waals surface area contributed by atoms with Crippen molar-refractivity contribution in [2.75, 3.05) is 17.7 Å². The monoisotopic (exact) mass is 288 g/mol. The number of hydrogen-bond donors (Lipinski definition) is 2. The highest BCUT2D eigenvalue weighted by molar-refractivity contribution is 5.60. The lowest BCUT2D eigenvalue weighted by atomic mass is 9.68. The van der Waals surface area contributed by atoms with Gasteiger partial charge < -0.3 is 15.8 Å². The second-order valence-electron chi connectivity index (χ2n) is 7.72. The minimum atomic E-state index is 0.337. The zero-order chi connectivity index (χ0) is 15.3. The Hall–Kier alpha value is -1.38. The fourth-order valence-electron chi connectivity index (χ4n) is 4.78. The Bertz CT molecular complexity index is 535. The minimum Gasteiger partial charge on any atom is -0.494 e. The molecule has 2 saturated carbocycles. The van der Waals surface area contributed by atoms with Crippen molar-refractivity contribution in [3.05, 3.63) is 18.2 Å². The van der Waals surface area contributed by atoms with Crippen molar-refractivity contribution in [1.82, 2.24) is 0 Å². The van der Waals surface area contributed by atoms with Gasteiger partial charge in [-0.3, -0.25) is 0 Å². The number of nitrogens with two attached hydrogens (primary N) is 1. The predicted octanol–water partition coefficient (Wildman–Crippen LogP) is 4.29. The van der Waals surface area contributed by atoms with Gasteiger partial charge in [-0.25, -0.2) is 0 Å². The average Bonchev–Trinajstić information content (AvgIpc) is 2.86. The first kappa shape index (κ1) is 14.6. The van der Waals surface area contributed by atoms with Crippen LogP contribution in [0.4, 0.5) is 11.4 Å². The first-order valence-corrected chi connectivity index (χ1v) is 8.15. The molecule has 3 rings (SSSR count). The third kappa shape index (κ3) is 2.37. The average molecular weight is 288 g/mol. The second-order valence-corrected chi connectivity index (χ2v) is 7.72. The van der Waals surface area contributed by atoms with Crippen molar-refractivity contribution < 1.29 is 4.74 Å². The molecule has 1 aromatic rings. The highest BCUT2D eigenvalue weighted by atomic mass is 16.5. The van der Waals surface area contributed by atoms with Crippen LogP contribution in [0.3, 0.4) is 0 Å². The van der Waals surface area contributed by atoms with Crippen LogP contribution >= 0.6 is 0 Å². The smallest absolute Gasteiger partial charge is 0.123 e. The summed E-state index contributed by atoms with van der Waals surface area (Å²) in [5.74, 6) is 1.69. The molecule has 3 unspecified atom stereocenters. The first-order valence-electron chi connectivity index (χ1n) is 8.15. The Morgan fingerprint density at radius 1 is 1.29 bits per heavy atom. The highest BCUT2D eigenvalue weighted by Gasteiger charge is 2.59. The minimum absolute atomic E-state index is 0.337. The van der Waals surface area contributed by atoms with Crippen molar-refractivity contribution >= 4 is 11.4 Å². The molecule has 0 saturated heterocycles. The number of benzene rings is 1. The Kier molecular flexibility index (Phi) is 3.34. The van der Waals surface area contributed by atoms with Crippen LogP contribution in [0.25, 0.3) is 0 Å². The lowest BCUT2D eigenvalue weighted by molar-refractivity contribution is 0.155. The molecule has 21 heavy (non-hydrogen) atoms. The van der Waals surface area contributed by atoms with Gasteiger partial charge >= 0.3 is 0 Å². The van der Waals surface area contributed by atoms with Crippen LogP contribution < -0.4 is 15.8 Å². The van der Waals surface area contributed by atoms with E-state index in [2.05, 4.69) is 32.2 Å².